The van der Waals surface area contributed by atoms with Crippen molar-refractivity contribution in [2.45, 2.75) is 26.7 Å². The van der Waals surface area contributed by atoms with Crippen molar-refractivity contribution in [3.63, 3.8) is 0 Å². The number of aryl methyl sites for hydroxylation is 1. The molecule has 29 heavy (non-hydrogen) atoms. The lowest BCUT2D eigenvalue weighted by molar-refractivity contribution is -0.121. The average molecular weight is 417 g/mol. The Balaban J connectivity index is 1.67. The number of likely N-dealkylation sites (tertiary alicyclic amines) is 1. The second kappa shape index (κ2) is 9.26. The van der Waals surface area contributed by atoms with Crippen LogP contribution in [0.25, 0.3) is 11.3 Å². The van der Waals surface area contributed by atoms with E-state index in [9.17, 15) is 9.59 Å². The second-order valence-corrected chi connectivity index (χ2v) is 8.54. The summed E-state index contributed by atoms with van der Waals surface area (Å²) >= 11 is 1.46. The quantitative estimate of drug-likeness (QED) is 0.803. The van der Waals surface area contributed by atoms with Crippen molar-refractivity contribution in [1.29, 1.82) is 0 Å². The van der Waals surface area contributed by atoms with Gasteiger partial charge in [0.15, 0.2) is 5.13 Å². The third kappa shape index (κ3) is 5.06. The van der Waals surface area contributed by atoms with E-state index in [1.165, 1.54) is 11.3 Å². The summed E-state index contributed by atoms with van der Waals surface area (Å²) in [5.41, 5.74) is 1.85. The van der Waals surface area contributed by atoms with Crippen LogP contribution < -0.4 is 10.1 Å². The predicted octanol–water partition coefficient (Wildman–Crippen LogP) is 3.85. The summed E-state index contributed by atoms with van der Waals surface area (Å²) < 4.78 is 5.49. The Bertz CT molecular complexity index is 863. The Hall–Kier alpha value is -2.61. The van der Waals surface area contributed by atoms with Crippen molar-refractivity contribution < 1.29 is 14.3 Å². The summed E-state index contributed by atoms with van der Waals surface area (Å²) in [7, 11) is 3.46. The Kier molecular flexibility index (Phi) is 6.74. The Morgan fingerprint density at radius 1 is 1.31 bits per heavy atom. The van der Waals surface area contributed by atoms with E-state index in [0.29, 0.717) is 24.8 Å². The Morgan fingerprint density at radius 2 is 2.03 bits per heavy atom. The number of hydrogen-bond donors (Lipinski definition) is 1. The molecule has 1 atom stereocenters. The van der Waals surface area contributed by atoms with Crippen LogP contribution in [0.2, 0.25) is 0 Å². The van der Waals surface area contributed by atoms with Gasteiger partial charge >= 0.3 is 6.03 Å². The molecule has 7 nitrogen and oxygen atoms in total. The van der Waals surface area contributed by atoms with Gasteiger partial charge in [-0.2, -0.15) is 0 Å². The summed E-state index contributed by atoms with van der Waals surface area (Å²) in [6.45, 7) is 5.72. The molecular weight excluding hydrogens is 388 g/mol. The van der Waals surface area contributed by atoms with E-state index in [2.05, 4.69) is 10.3 Å². The molecule has 1 N–H and O–H groups in total. The van der Waals surface area contributed by atoms with Crippen molar-refractivity contribution in [3.8, 4) is 17.0 Å². The number of anilines is 1. The van der Waals surface area contributed by atoms with Crippen molar-refractivity contribution in [3.05, 3.63) is 29.1 Å². The van der Waals surface area contributed by atoms with E-state index in [1.54, 1.807) is 23.9 Å². The number of nitrogens with zero attached hydrogens (tertiary/aromatic N) is 3. The van der Waals surface area contributed by atoms with Crippen LogP contribution in [0.5, 0.6) is 5.75 Å². The minimum Gasteiger partial charge on any atom is -0.494 e. The second-order valence-electron chi connectivity index (χ2n) is 7.33. The molecule has 1 aromatic heterocycles. The van der Waals surface area contributed by atoms with Gasteiger partial charge in [-0.1, -0.05) is 0 Å². The van der Waals surface area contributed by atoms with E-state index in [4.69, 9.17) is 4.74 Å². The molecule has 156 valence electrons. The van der Waals surface area contributed by atoms with Gasteiger partial charge in [-0.05, 0) is 51.0 Å². The number of hydrogen-bond acceptors (Lipinski definition) is 5. The number of carbonyl (C=O) groups is 2. The molecule has 0 bridgehead atoms. The molecule has 1 saturated heterocycles. The van der Waals surface area contributed by atoms with Crippen LogP contribution in [-0.2, 0) is 4.79 Å². The summed E-state index contributed by atoms with van der Waals surface area (Å²) in [4.78, 5) is 33.9. The van der Waals surface area contributed by atoms with E-state index in [0.717, 1.165) is 34.7 Å². The number of ether oxygens (including phenoxy) is 1. The van der Waals surface area contributed by atoms with Crippen molar-refractivity contribution in [2.75, 3.05) is 39.1 Å². The maximum atomic E-state index is 12.8. The number of benzene rings is 1. The highest BCUT2D eigenvalue weighted by Crippen LogP contribution is 2.32. The van der Waals surface area contributed by atoms with Crippen molar-refractivity contribution >= 4 is 28.4 Å². The maximum absolute atomic E-state index is 12.8. The SMILES string of the molecule is CCOc1ccc(-c2nc(NC(=O)[C@@H]3CCCN(C(=O)N(C)C)C3)sc2C)cc1. The number of amides is 3. The lowest BCUT2D eigenvalue weighted by atomic mass is 9.97. The summed E-state index contributed by atoms with van der Waals surface area (Å²) in [6, 6.07) is 7.75. The van der Waals surface area contributed by atoms with Gasteiger partial charge in [0.25, 0.3) is 0 Å². The van der Waals surface area contributed by atoms with E-state index < -0.39 is 0 Å². The van der Waals surface area contributed by atoms with Crippen molar-refractivity contribution in [1.82, 2.24) is 14.8 Å². The number of nitrogens with one attached hydrogen (secondary N) is 1. The number of urea groups is 1. The molecule has 3 amide bonds. The standard InChI is InChI=1S/C21H28N4O3S/c1-5-28-17-10-8-15(9-11-17)18-14(2)29-20(22-18)23-19(26)16-7-6-12-25(13-16)21(27)24(3)4/h8-11,16H,5-7,12-13H2,1-4H3,(H,22,23,26)/t16-/m1/s1. The highest BCUT2D eigenvalue weighted by atomic mass is 32.1. The first-order chi connectivity index (χ1) is 13.9. The van der Waals surface area contributed by atoms with Crippen LogP contribution in [-0.4, -0.2) is 60.5 Å². The number of carbonyl (C=O) groups excluding carboxylic acids is 2. The van der Waals surface area contributed by atoms with Gasteiger partial charge in [0.2, 0.25) is 5.91 Å². The average Bonchev–Trinajstić information content (AvgIpc) is 3.08. The van der Waals surface area contributed by atoms with Gasteiger partial charge in [-0.15, -0.1) is 11.3 Å². The van der Waals surface area contributed by atoms with Gasteiger partial charge in [0.1, 0.15) is 5.75 Å². The predicted molar refractivity (Wildman–Crippen MR) is 115 cm³/mol. The number of piperidine rings is 1. The topological polar surface area (TPSA) is 74.8 Å². The normalized spacial score (nSPS) is 16.4. The molecule has 1 fully saturated rings. The maximum Gasteiger partial charge on any atom is 0.319 e. The van der Waals surface area contributed by atoms with Crippen LogP contribution >= 0.6 is 11.3 Å². The fourth-order valence-electron chi connectivity index (χ4n) is 3.45. The van der Waals surface area contributed by atoms with Gasteiger partial charge in [-0.3, -0.25) is 4.79 Å². The molecular formula is C21H28N4O3S. The van der Waals surface area contributed by atoms with Crippen LogP contribution in [0.3, 0.4) is 0 Å². The molecule has 0 spiro atoms. The first-order valence-electron chi connectivity index (χ1n) is 9.86. The zero-order valence-corrected chi connectivity index (χ0v) is 18.2. The van der Waals surface area contributed by atoms with Crippen molar-refractivity contribution in [2.24, 2.45) is 5.92 Å². The molecule has 3 rings (SSSR count). The van der Waals surface area contributed by atoms with Gasteiger partial charge < -0.3 is 19.9 Å². The highest BCUT2D eigenvalue weighted by molar-refractivity contribution is 7.16. The first-order valence-corrected chi connectivity index (χ1v) is 10.7. The lowest BCUT2D eigenvalue weighted by Crippen LogP contribution is -2.47. The summed E-state index contributed by atoms with van der Waals surface area (Å²) in [6.07, 6.45) is 1.60. The summed E-state index contributed by atoms with van der Waals surface area (Å²) in [5.74, 6) is 0.533. The van der Waals surface area contributed by atoms with E-state index >= 15 is 0 Å². The third-order valence-corrected chi connectivity index (χ3v) is 5.80. The van der Waals surface area contributed by atoms with E-state index in [-0.39, 0.29) is 17.9 Å². The number of thiazole rings is 1. The lowest BCUT2D eigenvalue weighted by Gasteiger charge is -2.33. The monoisotopic (exact) mass is 416 g/mol. The molecule has 0 aliphatic carbocycles. The van der Waals surface area contributed by atoms with Gasteiger partial charge in [-0.25, -0.2) is 9.78 Å². The first kappa shape index (κ1) is 21.1. The van der Waals surface area contributed by atoms with Gasteiger partial charge in [0.05, 0.1) is 18.2 Å². The fourth-order valence-corrected chi connectivity index (χ4v) is 4.29. The molecule has 1 aliphatic rings. The summed E-state index contributed by atoms with van der Waals surface area (Å²) in [5, 5.41) is 3.55. The molecule has 2 aromatic rings. The third-order valence-electron chi connectivity index (χ3n) is 4.91. The molecule has 2 heterocycles. The molecule has 0 radical (unpaired) electrons. The number of rotatable bonds is 5. The minimum absolute atomic E-state index is 0.0506. The molecule has 1 aromatic carbocycles. The molecule has 1 aliphatic heterocycles. The number of aromatic nitrogens is 1. The zero-order valence-electron chi connectivity index (χ0n) is 17.4. The minimum atomic E-state index is -0.217. The van der Waals surface area contributed by atoms with Crippen LogP contribution in [0.4, 0.5) is 9.93 Å². The zero-order chi connectivity index (χ0) is 21.0. The Labute approximate surface area is 175 Å². The largest absolute Gasteiger partial charge is 0.494 e. The Morgan fingerprint density at radius 3 is 2.69 bits per heavy atom. The molecule has 0 saturated carbocycles. The highest BCUT2D eigenvalue weighted by Gasteiger charge is 2.29. The smallest absolute Gasteiger partial charge is 0.319 e. The van der Waals surface area contributed by atoms with Crippen LogP contribution in [0, 0.1) is 12.8 Å². The van der Waals surface area contributed by atoms with E-state index in [1.807, 2.05) is 38.1 Å². The van der Waals surface area contributed by atoms with Crippen LogP contribution in [0.15, 0.2) is 24.3 Å². The molecule has 8 heteroatoms. The van der Waals surface area contributed by atoms with Crippen LogP contribution in [0.1, 0.15) is 24.6 Å². The van der Waals surface area contributed by atoms with Gasteiger partial charge in [0, 0.05) is 37.6 Å². The fraction of sp³-hybridized carbons (Fsp3) is 0.476. The molecule has 0 unspecified atom stereocenters.